The zero-order valence-electron chi connectivity index (χ0n) is 12.8. The number of aliphatic carboxylic acids is 1. The maximum Gasteiger partial charge on any atom is 0.307 e. The van der Waals surface area contributed by atoms with Gasteiger partial charge in [-0.1, -0.05) is 19.1 Å². The van der Waals surface area contributed by atoms with Crippen LogP contribution in [0.15, 0.2) is 23.1 Å². The van der Waals surface area contributed by atoms with Crippen LogP contribution in [0.2, 0.25) is 0 Å². The predicted molar refractivity (Wildman–Crippen MR) is 81.5 cm³/mol. The highest BCUT2D eigenvalue weighted by Crippen LogP contribution is 2.33. The summed E-state index contributed by atoms with van der Waals surface area (Å²) in [6.45, 7) is 3.23. The topological polar surface area (TPSA) is 118 Å². The van der Waals surface area contributed by atoms with Crippen molar-refractivity contribution < 1.29 is 23.2 Å². The van der Waals surface area contributed by atoms with Crippen molar-refractivity contribution in [3.63, 3.8) is 0 Å². The van der Waals surface area contributed by atoms with Crippen LogP contribution in [0.1, 0.15) is 18.9 Å². The maximum absolute atomic E-state index is 12.9. The van der Waals surface area contributed by atoms with Gasteiger partial charge in [0.15, 0.2) is 4.90 Å². The SMILES string of the molecule is Cc1cccc([N+](=O)[O-])c1S(=O)(=O)N1CC(C)CC(C(=O)O)C1. The summed E-state index contributed by atoms with van der Waals surface area (Å²) in [5.41, 5.74) is -0.223. The molecular weight excluding hydrogens is 324 g/mol. The lowest BCUT2D eigenvalue weighted by atomic mass is 9.92. The van der Waals surface area contributed by atoms with Gasteiger partial charge in [-0.15, -0.1) is 0 Å². The molecule has 0 bridgehead atoms. The molecule has 2 rings (SSSR count). The lowest BCUT2D eigenvalue weighted by Crippen LogP contribution is -2.45. The third-order valence-corrected chi connectivity index (χ3v) is 5.99. The molecule has 1 N–H and O–H groups in total. The van der Waals surface area contributed by atoms with Crippen LogP contribution in [0, 0.1) is 28.9 Å². The molecule has 1 aliphatic heterocycles. The Labute approximate surface area is 133 Å². The first kappa shape index (κ1) is 17.4. The van der Waals surface area contributed by atoms with Crippen LogP contribution in [0.4, 0.5) is 5.69 Å². The number of aryl methyl sites for hydroxylation is 1. The number of hydrogen-bond acceptors (Lipinski definition) is 5. The van der Waals surface area contributed by atoms with Crippen molar-refractivity contribution in [3.8, 4) is 0 Å². The van der Waals surface area contributed by atoms with Crippen molar-refractivity contribution in [2.75, 3.05) is 13.1 Å². The second-order valence-corrected chi connectivity index (χ2v) is 7.75. The van der Waals surface area contributed by atoms with Gasteiger partial charge >= 0.3 is 5.97 Å². The van der Waals surface area contributed by atoms with Crippen molar-refractivity contribution >= 4 is 21.7 Å². The minimum atomic E-state index is -4.14. The van der Waals surface area contributed by atoms with Gasteiger partial charge < -0.3 is 5.11 Å². The number of benzene rings is 1. The fourth-order valence-electron chi connectivity index (χ4n) is 2.92. The van der Waals surface area contributed by atoms with Crippen molar-refractivity contribution in [1.82, 2.24) is 4.31 Å². The lowest BCUT2D eigenvalue weighted by molar-refractivity contribution is -0.387. The number of nitro groups is 1. The van der Waals surface area contributed by atoms with E-state index in [9.17, 15) is 28.4 Å². The van der Waals surface area contributed by atoms with E-state index in [1.165, 1.54) is 19.1 Å². The number of rotatable bonds is 4. The van der Waals surface area contributed by atoms with Gasteiger partial charge in [0.2, 0.25) is 10.0 Å². The number of nitro benzene ring substituents is 1. The van der Waals surface area contributed by atoms with Gasteiger partial charge in [-0.25, -0.2) is 8.42 Å². The Balaban J connectivity index is 2.50. The third kappa shape index (κ3) is 3.35. The monoisotopic (exact) mass is 342 g/mol. The molecule has 2 unspecified atom stereocenters. The highest BCUT2D eigenvalue weighted by molar-refractivity contribution is 7.89. The Morgan fingerprint density at radius 2 is 2.04 bits per heavy atom. The van der Waals surface area contributed by atoms with E-state index in [4.69, 9.17) is 0 Å². The molecule has 23 heavy (non-hydrogen) atoms. The summed E-state index contributed by atoms with van der Waals surface area (Å²) in [6.07, 6.45) is 0.386. The van der Waals surface area contributed by atoms with Crippen LogP contribution in [0.5, 0.6) is 0 Å². The molecule has 0 amide bonds. The summed E-state index contributed by atoms with van der Waals surface area (Å²) < 4.78 is 26.8. The number of nitrogens with zero attached hydrogens (tertiary/aromatic N) is 2. The Kier molecular flexibility index (Phi) is 4.71. The molecule has 1 aliphatic rings. The molecular formula is C14H18N2O6S. The molecule has 2 atom stereocenters. The minimum Gasteiger partial charge on any atom is -0.481 e. The third-order valence-electron chi connectivity index (χ3n) is 3.96. The summed E-state index contributed by atoms with van der Waals surface area (Å²) in [5.74, 6) is -2.00. The van der Waals surface area contributed by atoms with E-state index in [-0.39, 0.29) is 29.5 Å². The first-order valence-electron chi connectivity index (χ1n) is 7.11. The Morgan fingerprint density at radius 3 is 2.61 bits per heavy atom. The summed E-state index contributed by atoms with van der Waals surface area (Å²) in [6, 6.07) is 4.05. The van der Waals surface area contributed by atoms with Crippen molar-refractivity contribution in [1.29, 1.82) is 0 Å². The van der Waals surface area contributed by atoms with Crippen molar-refractivity contribution in [3.05, 3.63) is 33.9 Å². The van der Waals surface area contributed by atoms with Crippen LogP contribution in [-0.4, -0.2) is 41.8 Å². The molecule has 1 saturated heterocycles. The van der Waals surface area contributed by atoms with Crippen LogP contribution in [-0.2, 0) is 14.8 Å². The van der Waals surface area contributed by atoms with E-state index < -0.39 is 32.5 Å². The van der Waals surface area contributed by atoms with Crippen LogP contribution >= 0.6 is 0 Å². The van der Waals surface area contributed by atoms with Gasteiger partial charge in [-0.05, 0) is 24.8 Å². The molecule has 1 heterocycles. The lowest BCUT2D eigenvalue weighted by Gasteiger charge is -2.33. The van der Waals surface area contributed by atoms with Crippen LogP contribution < -0.4 is 0 Å². The normalized spacial score (nSPS) is 22.7. The average Bonchev–Trinajstić information content (AvgIpc) is 2.45. The molecule has 0 aromatic heterocycles. The van der Waals surface area contributed by atoms with Gasteiger partial charge in [-0.3, -0.25) is 14.9 Å². The van der Waals surface area contributed by atoms with Gasteiger partial charge in [0.05, 0.1) is 10.8 Å². The standard InChI is InChI=1S/C14H18N2O6S/c1-9-6-11(14(17)18)8-15(7-9)23(21,22)13-10(2)4-3-5-12(13)16(19)20/h3-5,9,11H,6-8H2,1-2H3,(H,17,18). The number of carboxylic acid groups (broad SMARTS) is 1. The molecule has 0 spiro atoms. The molecule has 126 valence electrons. The summed E-state index contributed by atoms with van der Waals surface area (Å²) in [5, 5.41) is 20.3. The minimum absolute atomic E-state index is 0.136. The molecule has 0 aliphatic carbocycles. The van der Waals surface area contributed by atoms with Crippen LogP contribution in [0.25, 0.3) is 0 Å². The predicted octanol–water partition coefficient (Wildman–Crippen LogP) is 1.63. The summed E-state index contributed by atoms with van der Waals surface area (Å²) >= 11 is 0. The number of sulfonamides is 1. The molecule has 1 aromatic carbocycles. The van der Waals surface area contributed by atoms with Crippen molar-refractivity contribution in [2.24, 2.45) is 11.8 Å². The Morgan fingerprint density at radius 1 is 1.39 bits per heavy atom. The quantitative estimate of drug-likeness (QED) is 0.656. The first-order chi connectivity index (χ1) is 10.6. The van der Waals surface area contributed by atoms with E-state index in [0.717, 1.165) is 10.4 Å². The van der Waals surface area contributed by atoms with E-state index in [2.05, 4.69) is 0 Å². The van der Waals surface area contributed by atoms with Gasteiger partial charge in [0, 0.05) is 19.2 Å². The van der Waals surface area contributed by atoms with Crippen molar-refractivity contribution in [2.45, 2.75) is 25.2 Å². The van der Waals surface area contributed by atoms with E-state index in [1.54, 1.807) is 6.92 Å². The second kappa shape index (κ2) is 6.25. The first-order valence-corrected chi connectivity index (χ1v) is 8.55. The Hall–Kier alpha value is -2.00. The molecule has 0 radical (unpaired) electrons. The highest BCUT2D eigenvalue weighted by atomic mass is 32.2. The summed E-state index contributed by atoms with van der Waals surface area (Å²) in [4.78, 5) is 21.3. The summed E-state index contributed by atoms with van der Waals surface area (Å²) in [7, 11) is -4.14. The van der Waals surface area contributed by atoms with Gasteiger partial charge in [-0.2, -0.15) is 4.31 Å². The van der Waals surface area contributed by atoms with E-state index >= 15 is 0 Å². The second-order valence-electron chi connectivity index (χ2n) is 5.88. The van der Waals surface area contributed by atoms with E-state index in [1.807, 2.05) is 0 Å². The molecule has 0 saturated carbocycles. The fraction of sp³-hybridized carbons (Fsp3) is 0.500. The maximum atomic E-state index is 12.9. The number of carboxylic acids is 1. The number of carbonyl (C=O) groups is 1. The van der Waals surface area contributed by atoms with E-state index in [0.29, 0.717) is 6.42 Å². The smallest absolute Gasteiger partial charge is 0.307 e. The van der Waals surface area contributed by atoms with Crippen LogP contribution in [0.3, 0.4) is 0 Å². The molecule has 1 aromatic rings. The number of piperidine rings is 1. The zero-order valence-corrected chi connectivity index (χ0v) is 13.6. The number of hydrogen-bond donors (Lipinski definition) is 1. The molecule has 8 nitrogen and oxygen atoms in total. The Bertz CT molecular complexity index is 746. The molecule has 9 heteroatoms. The molecule has 1 fully saturated rings. The fourth-order valence-corrected chi connectivity index (χ4v) is 4.89. The van der Waals surface area contributed by atoms with Gasteiger partial charge in [0.1, 0.15) is 0 Å². The average molecular weight is 342 g/mol. The largest absolute Gasteiger partial charge is 0.481 e. The zero-order chi connectivity index (χ0) is 17.4. The highest BCUT2D eigenvalue weighted by Gasteiger charge is 2.39. The van der Waals surface area contributed by atoms with Gasteiger partial charge in [0.25, 0.3) is 5.69 Å².